The molecule has 0 saturated carbocycles. The first kappa shape index (κ1) is 15.3. The number of aryl methyl sites for hydroxylation is 1. The highest BCUT2D eigenvalue weighted by Crippen LogP contribution is 2.27. The summed E-state index contributed by atoms with van der Waals surface area (Å²) in [5.74, 6) is 2.64. The zero-order valence-electron chi connectivity index (χ0n) is 12.5. The fraction of sp³-hybridized carbons (Fsp3) is 0.625. The molecule has 110 valence electrons. The van der Waals surface area contributed by atoms with E-state index in [0.29, 0.717) is 29.5 Å². The average molecular weight is 295 g/mol. The third kappa shape index (κ3) is 3.72. The molecule has 2 atom stereocenters. The molecule has 3 nitrogen and oxygen atoms in total. The van der Waals surface area contributed by atoms with Crippen LogP contribution in [0.5, 0.6) is 5.88 Å². The highest BCUT2D eigenvalue weighted by atomic mass is 35.5. The van der Waals surface area contributed by atoms with Gasteiger partial charge in [0.1, 0.15) is 11.0 Å². The van der Waals surface area contributed by atoms with Crippen molar-refractivity contribution in [1.29, 1.82) is 0 Å². The molecule has 0 radical (unpaired) electrons. The second-order valence-electron chi connectivity index (χ2n) is 5.60. The molecule has 0 fully saturated rings. The highest BCUT2D eigenvalue weighted by Gasteiger charge is 2.20. The summed E-state index contributed by atoms with van der Waals surface area (Å²) in [4.78, 5) is 8.79. The van der Waals surface area contributed by atoms with E-state index < -0.39 is 0 Å². The van der Waals surface area contributed by atoms with Crippen molar-refractivity contribution in [2.24, 2.45) is 11.8 Å². The van der Waals surface area contributed by atoms with Gasteiger partial charge in [-0.05, 0) is 38.0 Å². The average Bonchev–Trinajstić information content (AvgIpc) is 2.43. The summed E-state index contributed by atoms with van der Waals surface area (Å²) in [7, 11) is 0. The minimum atomic E-state index is 0.509. The largest absolute Gasteiger partial charge is 0.477 e. The molecule has 2 rings (SSSR count). The molecular weight excluding hydrogens is 272 g/mol. The maximum absolute atomic E-state index is 6.16. The van der Waals surface area contributed by atoms with Crippen LogP contribution in [-0.4, -0.2) is 16.6 Å². The summed E-state index contributed by atoms with van der Waals surface area (Å²) < 4.78 is 5.95. The van der Waals surface area contributed by atoms with Crippen LogP contribution < -0.4 is 4.74 Å². The lowest BCUT2D eigenvalue weighted by Crippen LogP contribution is -2.22. The zero-order chi connectivity index (χ0) is 14.5. The number of nitrogens with zero attached hydrogens (tertiary/aromatic N) is 2. The van der Waals surface area contributed by atoms with Crippen molar-refractivity contribution in [2.45, 2.75) is 46.5 Å². The predicted molar refractivity (Wildman–Crippen MR) is 82.3 cm³/mol. The predicted octanol–water partition coefficient (Wildman–Crippen LogP) is 4.37. The van der Waals surface area contributed by atoms with Gasteiger partial charge in [-0.3, -0.25) is 0 Å². The topological polar surface area (TPSA) is 35.0 Å². The van der Waals surface area contributed by atoms with Crippen LogP contribution in [0.2, 0.25) is 5.15 Å². The Kier molecular flexibility index (Phi) is 5.41. The van der Waals surface area contributed by atoms with E-state index in [2.05, 4.69) is 36.0 Å². The van der Waals surface area contributed by atoms with Crippen LogP contribution >= 0.6 is 11.6 Å². The van der Waals surface area contributed by atoms with Gasteiger partial charge in [-0.2, -0.15) is 4.98 Å². The highest BCUT2D eigenvalue weighted by molar-refractivity contribution is 6.30. The molecule has 20 heavy (non-hydrogen) atoms. The van der Waals surface area contributed by atoms with Crippen molar-refractivity contribution in [3.63, 3.8) is 0 Å². The fourth-order valence-electron chi connectivity index (χ4n) is 2.41. The standard InChI is InChI=1S/C16H23ClN2O/c1-4-7-14-18-15(17)12(3)16(19-14)20-10-13-9-6-5-8-11(13)2/h5-6,11,13H,4,7-10H2,1-3H3. The number of aromatic nitrogens is 2. The normalized spacial score (nSPS) is 22.0. The Labute approximate surface area is 126 Å². The Hall–Kier alpha value is -1.09. The summed E-state index contributed by atoms with van der Waals surface area (Å²) in [6.07, 6.45) is 8.56. The van der Waals surface area contributed by atoms with Gasteiger partial charge in [0, 0.05) is 12.0 Å². The molecule has 4 heteroatoms. The van der Waals surface area contributed by atoms with E-state index >= 15 is 0 Å². The number of hydrogen-bond acceptors (Lipinski definition) is 3. The van der Waals surface area contributed by atoms with Crippen molar-refractivity contribution in [2.75, 3.05) is 6.61 Å². The van der Waals surface area contributed by atoms with E-state index in [0.717, 1.165) is 37.1 Å². The Bertz CT molecular complexity index is 488. The van der Waals surface area contributed by atoms with Gasteiger partial charge >= 0.3 is 0 Å². The van der Waals surface area contributed by atoms with Crippen molar-refractivity contribution >= 4 is 11.6 Å². The van der Waals surface area contributed by atoms with E-state index in [1.807, 2.05) is 6.92 Å². The minimum Gasteiger partial charge on any atom is -0.477 e. The molecular formula is C16H23ClN2O. The molecule has 0 bridgehead atoms. The van der Waals surface area contributed by atoms with E-state index in [9.17, 15) is 0 Å². The van der Waals surface area contributed by atoms with E-state index in [1.165, 1.54) is 0 Å². The molecule has 0 amide bonds. The van der Waals surface area contributed by atoms with Gasteiger partial charge < -0.3 is 4.74 Å². The molecule has 0 spiro atoms. The Balaban J connectivity index is 2.06. The second-order valence-corrected chi connectivity index (χ2v) is 5.96. The quantitative estimate of drug-likeness (QED) is 0.597. The first-order chi connectivity index (χ1) is 9.61. The fourth-order valence-corrected chi connectivity index (χ4v) is 2.59. The second kappa shape index (κ2) is 7.07. The third-order valence-corrected chi connectivity index (χ3v) is 4.28. The van der Waals surface area contributed by atoms with E-state index in [-0.39, 0.29) is 0 Å². The molecule has 1 aliphatic rings. The Morgan fingerprint density at radius 2 is 2.05 bits per heavy atom. The van der Waals surface area contributed by atoms with Gasteiger partial charge in [0.15, 0.2) is 0 Å². The summed E-state index contributed by atoms with van der Waals surface area (Å²) in [6.45, 7) is 7.00. The number of hydrogen-bond donors (Lipinski definition) is 0. The number of rotatable bonds is 5. The van der Waals surface area contributed by atoms with Crippen LogP contribution in [0, 0.1) is 18.8 Å². The van der Waals surface area contributed by atoms with Crippen molar-refractivity contribution in [1.82, 2.24) is 9.97 Å². The van der Waals surface area contributed by atoms with Gasteiger partial charge in [0.05, 0.1) is 6.61 Å². The SMILES string of the molecule is CCCc1nc(Cl)c(C)c(OCC2CC=CCC2C)n1. The lowest BCUT2D eigenvalue weighted by molar-refractivity contribution is 0.191. The van der Waals surface area contributed by atoms with Crippen LogP contribution in [0.4, 0.5) is 0 Å². The molecule has 1 aromatic heterocycles. The number of ether oxygens (including phenoxy) is 1. The van der Waals surface area contributed by atoms with Crippen molar-refractivity contribution in [3.05, 3.63) is 28.7 Å². The molecule has 1 heterocycles. The van der Waals surface area contributed by atoms with Crippen molar-refractivity contribution in [3.8, 4) is 5.88 Å². The molecule has 0 N–H and O–H groups in total. The Morgan fingerprint density at radius 1 is 1.30 bits per heavy atom. The van der Waals surface area contributed by atoms with Gasteiger partial charge in [0.2, 0.25) is 5.88 Å². The molecule has 0 aromatic carbocycles. The molecule has 0 saturated heterocycles. The van der Waals surface area contributed by atoms with Gasteiger partial charge in [-0.25, -0.2) is 4.98 Å². The summed E-state index contributed by atoms with van der Waals surface area (Å²) >= 11 is 6.16. The van der Waals surface area contributed by atoms with Crippen LogP contribution in [0.3, 0.4) is 0 Å². The number of allylic oxidation sites excluding steroid dienone is 2. The van der Waals surface area contributed by atoms with Gasteiger partial charge in [0.25, 0.3) is 0 Å². The molecule has 2 unspecified atom stereocenters. The van der Waals surface area contributed by atoms with Crippen molar-refractivity contribution < 1.29 is 4.74 Å². The van der Waals surface area contributed by atoms with E-state index in [4.69, 9.17) is 16.3 Å². The van der Waals surface area contributed by atoms with E-state index in [1.54, 1.807) is 0 Å². The maximum Gasteiger partial charge on any atom is 0.221 e. The monoisotopic (exact) mass is 294 g/mol. The summed E-state index contributed by atoms with van der Waals surface area (Å²) in [5, 5.41) is 0.509. The molecule has 0 aliphatic heterocycles. The Morgan fingerprint density at radius 3 is 2.75 bits per heavy atom. The minimum absolute atomic E-state index is 0.509. The first-order valence-corrected chi connectivity index (χ1v) is 7.80. The maximum atomic E-state index is 6.16. The number of halogens is 1. The summed E-state index contributed by atoms with van der Waals surface area (Å²) in [6, 6.07) is 0. The van der Waals surface area contributed by atoms with Crippen LogP contribution in [0.1, 0.15) is 44.5 Å². The summed E-state index contributed by atoms with van der Waals surface area (Å²) in [5.41, 5.74) is 0.838. The smallest absolute Gasteiger partial charge is 0.221 e. The zero-order valence-corrected chi connectivity index (χ0v) is 13.3. The first-order valence-electron chi connectivity index (χ1n) is 7.42. The van der Waals surface area contributed by atoms with Crippen LogP contribution in [-0.2, 0) is 6.42 Å². The molecule has 1 aromatic rings. The van der Waals surface area contributed by atoms with Gasteiger partial charge in [-0.15, -0.1) is 0 Å². The van der Waals surface area contributed by atoms with Gasteiger partial charge in [-0.1, -0.05) is 37.6 Å². The lowest BCUT2D eigenvalue weighted by Gasteiger charge is -2.25. The van der Waals surface area contributed by atoms with Crippen LogP contribution in [0.15, 0.2) is 12.2 Å². The third-order valence-electron chi connectivity index (χ3n) is 3.91. The molecule has 1 aliphatic carbocycles. The van der Waals surface area contributed by atoms with Crippen LogP contribution in [0.25, 0.3) is 0 Å². The lowest BCUT2D eigenvalue weighted by atomic mass is 9.85.